The molecule has 6 heteroatoms. The van der Waals surface area contributed by atoms with E-state index in [1.54, 1.807) is 0 Å². The molecule has 0 saturated carbocycles. The van der Waals surface area contributed by atoms with Gasteiger partial charge in [0.15, 0.2) is 17.3 Å². The number of hydrogen-bond donors (Lipinski definition) is 1. The number of aryl methyl sites for hydroxylation is 1. The van der Waals surface area contributed by atoms with Gasteiger partial charge in [-0.2, -0.15) is 4.98 Å². The van der Waals surface area contributed by atoms with E-state index in [0.717, 1.165) is 29.9 Å². The van der Waals surface area contributed by atoms with Crippen LogP contribution < -0.4 is 14.8 Å². The van der Waals surface area contributed by atoms with E-state index in [-0.39, 0.29) is 6.04 Å². The van der Waals surface area contributed by atoms with Gasteiger partial charge in [-0.1, -0.05) is 41.6 Å². The summed E-state index contributed by atoms with van der Waals surface area (Å²) in [6, 6.07) is 16.6. The molecule has 0 bridgehead atoms. The van der Waals surface area contributed by atoms with Gasteiger partial charge in [-0.05, 0) is 49.9 Å². The second kappa shape index (κ2) is 8.44. The number of benzene rings is 2. The highest BCUT2D eigenvalue weighted by molar-refractivity contribution is 5.44. The minimum absolute atomic E-state index is 0.0278. The van der Waals surface area contributed by atoms with E-state index >= 15 is 0 Å². The second-order valence-electron chi connectivity index (χ2n) is 7.22. The molecule has 0 saturated heterocycles. The van der Waals surface area contributed by atoms with Crippen molar-refractivity contribution in [2.45, 2.75) is 45.2 Å². The molecule has 0 aliphatic carbocycles. The first kappa shape index (κ1) is 18.5. The third kappa shape index (κ3) is 4.51. The first-order valence-electron chi connectivity index (χ1n) is 9.68. The highest BCUT2D eigenvalue weighted by atomic mass is 16.7. The topological polar surface area (TPSA) is 69.4 Å². The first-order valence-corrected chi connectivity index (χ1v) is 9.68. The van der Waals surface area contributed by atoms with Crippen molar-refractivity contribution in [1.29, 1.82) is 0 Å². The molecule has 3 aromatic rings. The molecule has 28 heavy (non-hydrogen) atoms. The van der Waals surface area contributed by atoms with E-state index < -0.39 is 0 Å². The monoisotopic (exact) mass is 379 g/mol. The summed E-state index contributed by atoms with van der Waals surface area (Å²) in [6.45, 7) is 4.55. The largest absolute Gasteiger partial charge is 0.454 e. The normalized spacial score (nSPS) is 14.8. The molecule has 1 aliphatic rings. The van der Waals surface area contributed by atoms with Gasteiger partial charge < -0.3 is 19.3 Å². The summed E-state index contributed by atoms with van der Waals surface area (Å²) in [6.07, 6.45) is 2.61. The maximum atomic E-state index is 5.45. The van der Waals surface area contributed by atoms with Crippen LogP contribution in [0, 0.1) is 0 Å². The molecule has 2 aromatic carbocycles. The molecular weight excluding hydrogens is 354 g/mol. The Morgan fingerprint density at radius 1 is 1.00 bits per heavy atom. The summed E-state index contributed by atoms with van der Waals surface area (Å²) in [5, 5.41) is 7.70. The number of rotatable bonds is 8. The van der Waals surface area contributed by atoms with Crippen LogP contribution in [0.25, 0.3) is 0 Å². The molecule has 1 aliphatic heterocycles. The first-order chi connectivity index (χ1) is 13.7. The third-order valence-corrected chi connectivity index (χ3v) is 4.91. The lowest BCUT2D eigenvalue weighted by Gasteiger charge is -2.17. The Kier molecular flexibility index (Phi) is 5.58. The van der Waals surface area contributed by atoms with Crippen LogP contribution in [-0.2, 0) is 12.8 Å². The van der Waals surface area contributed by atoms with Gasteiger partial charge in [0, 0.05) is 6.04 Å². The molecule has 4 rings (SSSR count). The maximum absolute atomic E-state index is 5.45. The van der Waals surface area contributed by atoms with Gasteiger partial charge in [-0.25, -0.2) is 0 Å². The molecule has 2 atom stereocenters. The van der Waals surface area contributed by atoms with Crippen molar-refractivity contribution in [3.05, 3.63) is 71.4 Å². The Morgan fingerprint density at radius 2 is 1.82 bits per heavy atom. The number of aromatic nitrogens is 2. The standard InChI is InChI=1S/C22H25N3O3/c1-15(8-9-18-10-11-19-20(12-18)27-14-26-19)23-16(2)22-24-21(28-25-22)13-17-6-4-3-5-7-17/h3-7,10-12,15-16,23H,8-9,13-14H2,1-2H3. The van der Waals surface area contributed by atoms with Crippen LogP contribution in [0.5, 0.6) is 11.5 Å². The fourth-order valence-electron chi connectivity index (χ4n) is 3.35. The van der Waals surface area contributed by atoms with E-state index in [2.05, 4.69) is 53.6 Å². The van der Waals surface area contributed by atoms with Crippen LogP contribution in [0.4, 0.5) is 0 Å². The summed E-state index contributed by atoms with van der Waals surface area (Å²) in [7, 11) is 0. The number of nitrogens with zero attached hydrogens (tertiary/aromatic N) is 2. The molecule has 6 nitrogen and oxygen atoms in total. The van der Waals surface area contributed by atoms with Crippen LogP contribution in [0.1, 0.15) is 49.2 Å². The predicted molar refractivity (Wildman–Crippen MR) is 105 cm³/mol. The third-order valence-electron chi connectivity index (χ3n) is 4.91. The van der Waals surface area contributed by atoms with Crippen molar-refractivity contribution < 1.29 is 14.0 Å². The summed E-state index contributed by atoms with van der Waals surface area (Å²) >= 11 is 0. The molecule has 0 spiro atoms. The van der Waals surface area contributed by atoms with Crippen LogP contribution in [0.3, 0.4) is 0 Å². The van der Waals surface area contributed by atoms with Gasteiger partial charge in [0.2, 0.25) is 12.7 Å². The molecule has 1 N–H and O–H groups in total. The maximum Gasteiger partial charge on any atom is 0.231 e. The van der Waals surface area contributed by atoms with Gasteiger partial charge >= 0.3 is 0 Å². The van der Waals surface area contributed by atoms with Crippen LogP contribution in [0.2, 0.25) is 0 Å². The lowest BCUT2D eigenvalue weighted by atomic mass is 10.0. The van der Waals surface area contributed by atoms with Crippen molar-refractivity contribution in [2.75, 3.05) is 6.79 Å². The van der Waals surface area contributed by atoms with Crippen molar-refractivity contribution in [3.8, 4) is 11.5 Å². The predicted octanol–water partition coefficient (Wildman–Crippen LogP) is 4.06. The molecule has 0 amide bonds. The highest BCUT2D eigenvalue weighted by Crippen LogP contribution is 2.32. The average Bonchev–Trinajstić information content (AvgIpc) is 3.36. The summed E-state index contributed by atoms with van der Waals surface area (Å²) in [5.74, 6) is 3.00. The zero-order chi connectivity index (χ0) is 19.3. The molecule has 146 valence electrons. The quantitative estimate of drug-likeness (QED) is 0.636. The van der Waals surface area contributed by atoms with Crippen molar-refractivity contribution in [1.82, 2.24) is 15.5 Å². The Morgan fingerprint density at radius 3 is 2.68 bits per heavy atom. The zero-order valence-electron chi connectivity index (χ0n) is 16.2. The minimum Gasteiger partial charge on any atom is -0.454 e. The van der Waals surface area contributed by atoms with E-state index in [0.29, 0.717) is 31.0 Å². The Hall–Kier alpha value is -2.86. The van der Waals surface area contributed by atoms with Gasteiger partial charge in [0.25, 0.3) is 0 Å². The van der Waals surface area contributed by atoms with E-state index in [4.69, 9.17) is 14.0 Å². The molecule has 2 heterocycles. The molecular formula is C22H25N3O3. The average molecular weight is 379 g/mol. The molecule has 1 aromatic heterocycles. The van der Waals surface area contributed by atoms with E-state index in [1.807, 2.05) is 24.3 Å². The summed E-state index contributed by atoms with van der Waals surface area (Å²) < 4.78 is 16.2. The van der Waals surface area contributed by atoms with Crippen molar-refractivity contribution in [2.24, 2.45) is 0 Å². The Bertz CT molecular complexity index is 910. The summed E-state index contributed by atoms with van der Waals surface area (Å²) in [4.78, 5) is 4.55. The lowest BCUT2D eigenvalue weighted by molar-refractivity contribution is 0.174. The number of fused-ring (bicyclic) bond motifs is 1. The van der Waals surface area contributed by atoms with Crippen molar-refractivity contribution in [3.63, 3.8) is 0 Å². The lowest BCUT2D eigenvalue weighted by Crippen LogP contribution is -2.30. The van der Waals surface area contributed by atoms with Crippen molar-refractivity contribution >= 4 is 0 Å². The fraction of sp³-hybridized carbons (Fsp3) is 0.364. The number of ether oxygens (including phenoxy) is 2. The Balaban J connectivity index is 1.28. The number of hydrogen-bond acceptors (Lipinski definition) is 6. The Labute approximate surface area is 164 Å². The van der Waals surface area contributed by atoms with Crippen LogP contribution in [0.15, 0.2) is 53.1 Å². The van der Waals surface area contributed by atoms with Crippen LogP contribution >= 0.6 is 0 Å². The zero-order valence-corrected chi connectivity index (χ0v) is 16.2. The highest BCUT2D eigenvalue weighted by Gasteiger charge is 2.17. The summed E-state index contributed by atoms with van der Waals surface area (Å²) in [5.41, 5.74) is 2.41. The SMILES string of the molecule is CC(CCc1ccc2c(c1)OCO2)NC(C)c1noc(Cc2ccccc2)n1. The van der Waals surface area contributed by atoms with Gasteiger partial charge in [0.1, 0.15) is 0 Å². The smallest absolute Gasteiger partial charge is 0.231 e. The second-order valence-corrected chi connectivity index (χ2v) is 7.22. The van der Waals surface area contributed by atoms with Gasteiger partial charge in [0.05, 0.1) is 12.5 Å². The molecule has 2 unspecified atom stereocenters. The fourth-order valence-corrected chi connectivity index (χ4v) is 3.35. The van der Waals surface area contributed by atoms with E-state index in [9.17, 15) is 0 Å². The minimum atomic E-state index is 0.0278. The van der Waals surface area contributed by atoms with Gasteiger partial charge in [-0.15, -0.1) is 0 Å². The van der Waals surface area contributed by atoms with Crippen LogP contribution in [-0.4, -0.2) is 23.0 Å². The van der Waals surface area contributed by atoms with Gasteiger partial charge in [-0.3, -0.25) is 0 Å². The molecule has 0 fully saturated rings. The molecule has 0 radical (unpaired) electrons. The number of nitrogens with one attached hydrogen (secondary N) is 1. The van der Waals surface area contributed by atoms with E-state index in [1.165, 1.54) is 5.56 Å².